The van der Waals surface area contributed by atoms with Crippen LogP contribution in [0, 0.1) is 0 Å². The van der Waals surface area contributed by atoms with Crippen molar-refractivity contribution >= 4 is 11.9 Å². The number of nitrogens with zero attached hydrogens (tertiary/aromatic N) is 5. The summed E-state index contributed by atoms with van der Waals surface area (Å²) in [6.45, 7) is 0. The number of pyridine rings is 2. The summed E-state index contributed by atoms with van der Waals surface area (Å²) in [7, 11) is 0. The second-order valence-electron chi connectivity index (χ2n) is 5.68. The van der Waals surface area contributed by atoms with Crippen LogP contribution >= 0.6 is 0 Å². The Morgan fingerprint density at radius 2 is 1.78 bits per heavy atom. The molecule has 5 nitrogen and oxygen atoms in total. The van der Waals surface area contributed by atoms with E-state index in [9.17, 15) is 0 Å². The molecule has 0 aromatic carbocycles. The van der Waals surface area contributed by atoms with Crippen molar-refractivity contribution < 1.29 is 0 Å². The molecule has 110 valence electrons. The van der Waals surface area contributed by atoms with Gasteiger partial charge in [-0.05, 0) is 36.4 Å². The summed E-state index contributed by atoms with van der Waals surface area (Å²) in [5, 5.41) is 0. The highest BCUT2D eigenvalue weighted by molar-refractivity contribution is 6.21. The lowest BCUT2D eigenvalue weighted by molar-refractivity contribution is 0.180. The lowest BCUT2D eigenvalue weighted by Gasteiger charge is -2.35. The van der Waals surface area contributed by atoms with Gasteiger partial charge in [-0.1, -0.05) is 18.2 Å². The summed E-state index contributed by atoms with van der Waals surface area (Å²) in [5.41, 5.74) is 2.09. The predicted molar refractivity (Wildman–Crippen MR) is 88.0 cm³/mol. The summed E-state index contributed by atoms with van der Waals surface area (Å²) < 4.78 is 0. The summed E-state index contributed by atoms with van der Waals surface area (Å²) in [4.78, 5) is 20.9. The monoisotopic (exact) mass is 299 g/mol. The molecule has 0 radical (unpaired) electrons. The number of allylic oxidation sites excluding steroid dienone is 2. The Hall–Kier alpha value is -3.08. The van der Waals surface area contributed by atoms with Gasteiger partial charge in [0.1, 0.15) is 16.9 Å². The maximum absolute atomic E-state index is 4.98. The molecule has 5 rings (SSSR count). The zero-order chi connectivity index (χ0) is 15.3. The van der Waals surface area contributed by atoms with Crippen molar-refractivity contribution in [2.75, 3.05) is 0 Å². The molecule has 2 bridgehead atoms. The van der Waals surface area contributed by atoms with Crippen LogP contribution in [-0.2, 0) is 5.79 Å². The van der Waals surface area contributed by atoms with Gasteiger partial charge in [-0.3, -0.25) is 9.97 Å². The van der Waals surface area contributed by atoms with E-state index >= 15 is 0 Å². The fourth-order valence-corrected chi connectivity index (χ4v) is 3.42. The third-order valence-corrected chi connectivity index (χ3v) is 4.44. The van der Waals surface area contributed by atoms with Crippen molar-refractivity contribution in [1.29, 1.82) is 0 Å². The highest BCUT2D eigenvalue weighted by Gasteiger charge is 2.61. The van der Waals surface area contributed by atoms with Crippen molar-refractivity contribution in [1.82, 2.24) is 14.9 Å². The average Bonchev–Trinajstić information content (AvgIpc) is 3.13. The fourth-order valence-electron chi connectivity index (χ4n) is 3.42. The minimum atomic E-state index is -0.838. The molecule has 3 aliphatic rings. The topological polar surface area (TPSA) is 53.7 Å². The average molecular weight is 299 g/mol. The first-order valence-corrected chi connectivity index (χ1v) is 7.50. The molecule has 0 saturated carbocycles. The molecule has 0 amide bonds. The Morgan fingerprint density at radius 1 is 0.913 bits per heavy atom. The van der Waals surface area contributed by atoms with Crippen molar-refractivity contribution in [3.05, 3.63) is 84.6 Å². The van der Waals surface area contributed by atoms with Gasteiger partial charge in [0.2, 0.25) is 0 Å². The van der Waals surface area contributed by atoms with Gasteiger partial charge in [0.15, 0.2) is 0 Å². The molecule has 2 unspecified atom stereocenters. The molecule has 5 heteroatoms. The van der Waals surface area contributed by atoms with Crippen LogP contribution in [0.15, 0.2) is 83.2 Å². The van der Waals surface area contributed by atoms with Crippen LogP contribution in [-0.4, -0.2) is 32.3 Å². The first kappa shape index (κ1) is 12.5. The molecule has 0 N–H and O–H groups in total. The smallest absolute Gasteiger partial charge is 0.273 e. The molecule has 3 aliphatic heterocycles. The highest BCUT2D eigenvalue weighted by atomic mass is 15.5. The summed E-state index contributed by atoms with van der Waals surface area (Å²) in [6, 6.07) is 11.7. The number of rotatable bonds is 2. The van der Waals surface area contributed by atoms with Crippen LogP contribution in [0.2, 0.25) is 0 Å². The first-order chi connectivity index (χ1) is 11.4. The van der Waals surface area contributed by atoms with Crippen LogP contribution in [0.5, 0.6) is 0 Å². The summed E-state index contributed by atoms with van der Waals surface area (Å²) in [5.74, 6) is -0.838. The van der Waals surface area contributed by atoms with Gasteiger partial charge < -0.3 is 4.90 Å². The zero-order valence-electron chi connectivity index (χ0n) is 12.2. The minimum Gasteiger partial charge on any atom is -0.310 e. The van der Waals surface area contributed by atoms with Gasteiger partial charge in [-0.2, -0.15) is 0 Å². The molecule has 0 saturated heterocycles. The zero-order valence-corrected chi connectivity index (χ0v) is 12.2. The maximum Gasteiger partial charge on any atom is 0.273 e. The van der Waals surface area contributed by atoms with Crippen molar-refractivity contribution in [3.8, 4) is 0 Å². The standard InChI is InChI=1S/C18H13N5/c1-4-10-19-14(7-1)16-17-9-3-6-12-23(17)18(22-16,21-13-17)15-8-2-5-11-20-15/h1-13H. The van der Waals surface area contributed by atoms with Gasteiger partial charge in [0.25, 0.3) is 5.79 Å². The second-order valence-corrected chi connectivity index (χ2v) is 5.68. The number of aliphatic imine (C=N–C) groups is 2. The number of hydrogen-bond acceptors (Lipinski definition) is 5. The van der Waals surface area contributed by atoms with E-state index in [0.717, 1.165) is 17.1 Å². The lowest BCUT2D eigenvalue weighted by Crippen LogP contribution is -2.49. The van der Waals surface area contributed by atoms with Gasteiger partial charge >= 0.3 is 0 Å². The fraction of sp³-hybridized carbons (Fsp3) is 0.111. The SMILES string of the molecule is C1=CN2C3(C=C1)C=NC2(c1ccccn1)N=C3c1ccccn1. The molecule has 0 fully saturated rings. The molecular weight excluding hydrogens is 286 g/mol. The van der Waals surface area contributed by atoms with Gasteiger partial charge in [-0.15, -0.1) is 0 Å². The van der Waals surface area contributed by atoms with Crippen molar-refractivity contribution in [2.45, 2.75) is 11.3 Å². The molecule has 2 aromatic heterocycles. The molecule has 2 aromatic rings. The Kier molecular flexibility index (Phi) is 2.29. The molecule has 5 heterocycles. The molecular formula is C18H13N5. The molecule has 0 aliphatic carbocycles. The summed E-state index contributed by atoms with van der Waals surface area (Å²) >= 11 is 0. The first-order valence-electron chi connectivity index (χ1n) is 7.50. The molecule has 2 atom stereocenters. The largest absolute Gasteiger partial charge is 0.310 e. The molecule has 0 spiro atoms. The van der Waals surface area contributed by atoms with Crippen molar-refractivity contribution in [3.63, 3.8) is 0 Å². The van der Waals surface area contributed by atoms with Crippen LogP contribution in [0.25, 0.3) is 0 Å². The van der Waals surface area contributed by atoms with E-state index < -0.39 is 11.3 Å². The van der Waals surface area contributed by atoms with Crippen LogP contribution < -0.4 is 0 Å². The van der Waals surface area contributed by atoms with Crippen LogP contribution in [0.3, 0.4) is 0 Å². The third kappa shape index (κ3) is 1.46. The summed E-state index contributed by atoms with van der Waals surface area (Å²) in [6.07, 6.45) is 13.7. The highest BCUT2D eigenvalue weighted by Crippen LogP contribution is 2.49. The Balaban J connectivity index is 1.77. The Morgan fingerprint density at radius 3 is 2.57 bits per heavy atom. The van der Waals surface area contributed by atoms with E-state index in [1.807, 2.05) is 61.0 Å². The normalized spacial score (nSPS) is 29.7. The number of hydrogen-bond donors (Lipinski definition) is 0. The van der Waals surface area contributed by atoms with Crippen LogP contribution in [0.4, 0.5) is 0 Å². The lowest BCUT2D eigenvalue weighted by atomic mass is 9.90. The van der Waals surface area contributed by atoms with Crippen molar-refractivity contribution in [2.24, 2.45) is 9.98 Å². The van der Waals surface area contributed by atoms with E-state index in [2.05, 4.69) is 20.9 Å². The Bertz CT molecular complexity index is 884. The van der Waals surface area contributed by atoms with Gasteiger partial charge in [-0.25, -0.2) is 9.98 Å². The third-order valence-electron chi connectivity index (χ3n) is 4.44. The van der Waals surface area contributed by atoms with E-state index in [-0.39, 0.29) is 0 Å². The van der Waals surface area contributed by atoms with E-state index in [1.54, 1.807) is 12.4 Å². The van der Waals surface area contributed by atoms with Gasteiger partial charge in [0, 0.05) is 24.8 Å². The molecule has 23 heavy (non-hydrogen) atoms. The quantitative estimate of drug-likeness (QED) is 0.855. The Labute approximate surface area is 133 Å². The minimum absolute atomic E-state index is 0.485. The van der Waals surface area contributed by atoms with E-state index in [1.165, 1.54) is 0 Å². The number of aromatic nitrogens is 2. The maximum atomic E-state index is 4.98. The van der Waals surface area contributed by atoms with Gasteiger partial charge in [0.05, 0.1) is 5.69 Å². The second kappa shape index (κ2) is 4.23. The van der Waals surface area contributed by atoms with E-state index in [4.69, 9.17) is 9.98 Å². The van der Waals surface area contributed by atoms with Crippen LogP contribution in [0.1, 0.15) is 11.4 Å². The van der Waals surface area contributed by atoms with E-state index in [0.29, 0.717) is 0 Å². The predicted octanol–water partition coefficient (Wildman–Crippen LogP) is 2.30.